The summed E-state index contributed by atoms with van der Waals surface area (Å²) >= 11 is 0. The predicted molar refractivity (Wildman–Crippen MR) is 153 cm³/mol. The van der Waals surface area contributed by atoms with Crippen molar-refractivity contribution in [1.82, 2.24) is 20.5 Å². The van der Waals surface area contributed by atoms with E-state index in [0.717, 1.165) is 16.5 Å². The molecule has 0 aliphatic carbocycles. The number of H-pyrrole nitrogens is 1. The molecule has 12 heteroatoms. The van der Waals surface area contributed by atoms with Crippen LogP contribution in [0.15, 0.2) is 60.8 Å². The Labute approximate surface area is 242 Å². The van der Waals surface area contributed by atoms with E-state index in [1.165, 1.54) is 4.90 Å². The number of nitrogens with two attached hydrogens (primary N) is 1. The highest BCUT2D eigenvalue weighted by Crippen LogP contribution is 2.22. The Morgan fingerprint density at radius 2 is 1.67 bits per heavy atom. The van der Waals surface area contributed by atoms with Gasteiger partial charge in [0, 0.05) is 36.5 Å². The molecule has 1 saturated heterocycles. The molecule has 2 heterocycles. The van der Waals surface area contributed by atoms with Gasteiger partial charge in [-0.3, -0.25) is 19.2 Å². The number of carboxylic acid groups (broad SMARTS) is 2. The summed E-state index contributed by atoms with van der Waals surface area (Å²) in [7, 11) is 0. The van der Waals surface area contributed by atoms with E-state index >= 15 is 0 Å². The van der Waals surface area contributed by atoms with Crippen LogP contribution < -0.4 is 16.4 Å². The number of hydrogen-bond acceptors (Lipinski definition) is 6. The number of aromatic nitrogens is 1. The highest BCUT2D eigenvalue weighted by Gasteiger charge is 2.38. The molecular weight excluding hydrogens is 542 g/mol. The van der Waals surface area contributed by atoms with E-state index in [1.807, 2.05) is 54.6 Å². The number of aromatic amines is 1. The summed E-state index contributed by atoms with van der Waals surface area (Å²) in [6.07, 6.45) is 2.23. The molecule has 0 bridgehead atoms. The summed E-state index contributed by atoms with van der Waals surface area (Å²) in [5, 5.41) is 24.5. The van der Waals surface area contributed by atoms with E-state index in [-0.39, 0.29) is 18.7 Å². The molecule has 2 aromatic carbocycles. The number of nitrogens with zero attached hydrogens (tertiary/aromatic N) is 1. The van der Waals surface area contributed by atoms with Crippen LogP contribution in [0, 0.1) is 0 Å². The van der Waals surface area contributed by atoms with Gasteiger partial charge in [-0.05, 0) is 42.9 Å². The van der Waals surface area contributed by atoms with Crippen LogP contribution in [0.4, 0.5) is 0 Å². The normalized spacial score (nSPS) is 16.9. The summed E-state index contributed by atoms with van der Waals surface area (Å²) in [6.45, 7) is 0.342. The first-order valence-corrected chi connectivity index (χ1v) is 13.8. The second-order valence-corrected chi connectivity index (χ2v) is 10.4. The van der Waals surface area contributed by atoms with Crippen LogP contribution >= 0.6 is 0 Å². The van der Waals surface area contributed by atoms with Crippen molar-refractivity contribution in [3.63, 3.8) is 0 Å². The number of nitrogens with one attached hydrogen (secondary N) is 3. The third-order valence-corrected chi connectivity index (χ3v) is 7.45. The predicted octanol–water partition coefficient (Wildman–Crippen LogP) is 1.19. The Morgan fingerprint density at radius 3 is 2.38 bits per heavy atom. The molecular formula is C30H35N5O7. The van der Waals surface area contributed by atoms with Gasteiger partial charge in [0.2, 0.25) is 17.7 Å². The molecule has 4 rings (SSSR count). The lowest BCUT2D eigenvalue weighted by Crippen LogP contribution is -2.57. The van der Waals surface area contributed by atoms with Crippen molar-refractivity contribution >= 4 is 40.6 Å². The van der Waals surface area contributed by atoms with Gasteiger partial charge in [-0.15, -0.1) is 0 Å². The molecule has 0 saturated carbocycles. The second-order valence-electron chi connectivity index (χ2n) is 10.4. The van der Waals surface area contributed by atoms with Crippen molar-refractivity contribution in [3.8, 4) is 0 Å². The van der Waals surface area contributed by atoms with Crippen molar-refractivity contribution < 1.29 is 34.2 Å². The molecule has 4 atom stereocenters. The summed E-state index contributed by atoms with van der Waals surface area (Å²) in [4.78, 5) is 67.5. The summed E-state index contributed by atoms with van der Waals surface area (Å²) in [6, 6.07) is 12.4. The SMILES string of the molecule is NC(Cc1ccccc1)C(=O)N1CCCC1C(=O)NC(Cc1c[nH]c2ccccc12)C(=O)NC(CCC(=O)O)C(=O)O. The molecule has 42 heavy (non-hydrogen) atoms. The van der Waals surface area contributed by atoms with Gasteiger partial charge in [-0.2, -0.15) is 0 Å². The van der Waals surface area contributed by atoms with Gasteiger partial charge in [0.05, 0.1) is 6.04 Å². The molecule has 3 aromatic rings. The van der Waals surface area contributed by atoms with E-state index in [9.17, 15) is 29.1 Å². The van der Waals surface area contributed by atoms with Gasteiger partial charge >= 0.3 is 11.9 Å². The molecule has 1 fully saturated rings. The molecule has 1 aromatic heterocycles. The van der Waals surface area contributed by atoms with Crippen LogP contribution in [0.5, 0.6) is 0 Å². The molecule has 1 aliphatic heterocycles. The Balaban J connectivity index is 1.51. The standard InChI is InChI=1S/C30H35N5O7/c31-21(15-18-7-2-1-3-8-18)29(40)35-14-6-11-25(35)28(39)34-24(16-19-17-32-22-10-5-4-9-20(19)22)27(38)33-23(30(41)42)12-13-26(36)37/h1-5,7-10,17,21,23-25,32H,6,11-16,31H2,(H,33,38)(H,34,39)(H,36,37)(H,41,42). The molecule has 7 N–H and O–H groups in total. The number of amides is 3. The maximum Gasteiger partial charge on any atom is 0.326 e. The first-order valence-electron chi connectivity index (χ1n) is 13.8. The molecule has 222 valence electrons. The molecule has 4 unspecified atom stereocenters. The fraction of sp³-hybridized carbons (Fsp3) is 0.367. The van der Waals surface area contributed by atoms with Crippen molar-refractivity contribution in [2.45, 2.75) is 62.7 Å². The van der Waals surface area contributed by atoms with Crippen molar-refractivity contribution in [1.29, 1.82) is 0 Å². The smallest absolute Gasteiger partial charge is 0.326 e. The van der Waals surface area contributed by atoms with Gasteiger partial charge < -0.3 is 36.5 Å². The molecule has 0 spiro atoms. The maximum atomic E-state index is 13.6. The van der Waals surface area contributed by atoms with Gasteiger partial charge in [-0.25, -0.2) is 4.79 Å². The summed E-state index contributed by atoms with van der Waals surface area (Å²) in [5.74, 6) is -4.28. The van der Waals surface area contributed by atoms with Crippen molar-refractivity contribution in [2.24, 2.45) is 5.73 Å². The fourth-order valence-electron chi connectivity index (χ4n) is 5.27. The first kappa shape index (κ1) is 30.3. The number of benzene rings is 2. The highest BCUT2D eigenvalue weighted by molar-refractivity contribution is 5.95. The monoisotopic (exact) mass is 577 g/mol. The van der Waals surface area contributed by atoms with Gasteiger partial charge in [-0.1, -0.05) is 48.5 Å². The molecule has 1 aliphatic rings. The minimum absolute atomic E-state index is 0.0288. The number of carboxylic acids is 2. The molecule has 3 amide bonds. The topological polar surface area (TPSA) is 195 Å². The van der Waals surface area contributed by atoms with E-state index in [1.54, 1.807) is 6.20 Å². The minimum Gasteiger partial charge on any atom is -0.481 e. The Kier molecular flexibility index (Phi) is 9.92. The van der Waals surface area contributed by atoms with E-state index in [4.69, 9.17) is 10.8 Å². The van der Waals surface area contributed by atoms with E-state index in [0.29, 0.717) is 31.4 Å². The van der Waals surface area contributed by atoms with Crippen molar-refractivity contribution in [2.75, 3.05) is 6.54 Å². The Bertz CT molecular complexity index is 1440. The van der Waals surface area contributed by atoms with E-state index in [2.05, 4.69) is 15.6 Å². The zero-order chi connectivity index (χ0) is 30.2. The van der Waals surface area contributed by atoms with Gasteiger partial charge in [0.1, 0.15) is 18.1 Å². The number of carbonyl (C=O) groups excluding carboxylic acids is 3. The molecule has 0 radical (unpaired) electrons. The summed E-state index contributed by atoms with van der Waals surface area (Å²) < 4.78 is 0. The third kappa shape index (κ3) is 7.52. The fourth-order valence-corrected chi connectivity index (χ4v) is 5.27. The quantitative estimate of drug-likeness (QED) is 0.174. The van der Waals surface area contributed by atoms with Crippen LogP contribution in [0.1, 0.15) is 36.8 Å². The second kappa shape index (κ2) is 13.8. The zero-order valence-electron chi connectivity index (χ0n) is 23.0. The van der Waals surface area contributed by atoms with Gasteiger partial charge in [0.15, 0.2) is 0 Å². The number of likely N-dealkylation sites (tertiary alicyclic amines) is 1. The van der Waals surface area contributed by atoms with Crippen LogP contribution in [-0.4, -0.2) is 80.5 Å². The summed E-state index contributed by atoms with van der Waals surface area (Å²) in [5.41, 5.74) is 8.66. The highest BCUT2D eigenvalue weighted by atomic mass is 16.4. The average molecular weight is 578 g/mol. The number of rotatable bonds is 13. The number of para-hydroxylation sites is 1. The van der Waals surface area contributed by atoms with Crippen LogP contribution in [-0.2, 0) is 36.8 Å². The number of carbonyl (C=O) groups is 5. The zero-order valence-corrected chi connectivity index (χ0v) is 23.0. The van der Waals surface area contributed by atoms with Crippen molar-refractivity contribution in [3.05, 3.63) is 71.9 Å². The Hall–Kier alpha value is -4.71. The number of aliphatic carboxylic acids is 2. The maximum absolute atomic E-state index is 13.6. The van der Waals surface area contributed by atoms with Crippen LogP contribution in [0.2, 0.25) is 0 Å². The molecule has 12 nitrogen and oxygen atoms in total. The lowest BCUT2D eigenvalue weighted by Gasteiger charge is -2.28. The van der Waals surface area contributed by atoms with E-state index < -0.39 is 54.3 Å². The number of hydrogen-bond donors (Lipinski definition) is 6. The lowest BCUT2D eigenvalue weighted by atomic mass is 10.0. The van der Waals surface area contributed by atoms with Crippen LogP contribution in [0.25, 0.3) is 10.9 Å². The Morgan fingerprint density at radius 1 is 0.952 bits per heavy atom. The average Bonchev–Trinajstić information content (AvgIpc) is 3.62. The van der Waals surface area contributed by atoms with Crippen LogP contribution in [0.3, 0.4) is 0 Å². The number of fused-ring (bicyclic) bond motifs is 1. The third-order valence-electron chi connectivity index (χ3n) is 7.45. The largest absolute Gasteiger partial charge is 0.481 e. The lowest BCUT2D eigenvalue weighted by molar-refractivity contribution is -0.144. The first-order chi connectivity index (χ1) is 20.1. The van der Waals surface area contributed by atoms with Gasteiger partial charge in [0.25, 0.3) is 0 Å². The minimum atomic E-state index is -1.46.